The number of carbonyl (C=O) groups is 1. The van der Waals surface area contributed by atoms with E-state index in [1.165, 1.54) is 16.2 Å². The van der Waals surface area contributed by atoms with Gasteiger partial charge in [-0.25, -0.2) is 4.98 Å². The molecule has 0 bridgehead atoms. The Balaban J connectivity index is 2.57. The highest BCUT2D eigenvalue weighted by Gasteiger charge is 2.16. The molecule has 1 unspecified atom stereocenters. The number of amides is 1. The molecule has 1 aromatic heterocycles. The maximum absolute atomic E-state index is 11.8. The number of halogens is 1. The lowest BCUT2D eigenvalue weighted by atomic mass is 10.3. The monoisotopic (exact) mass is 262 g/mol. The number of carbonyl (C=O) groups excluding carboxylic acids is 1. The van der Waals surface area contributed by atoms with E-state index in [0.717, 1.165) is 10.7 Å². The molecule has 1 atom stereocenters. The number of aliphatic hydroxyl groups is 1. The fourth-order valence-corrected chi connectivity index (χ4v) is 2.13. The molecule has 0 radical (unpaired) electrons. The normalized spacial score (nSPS) is 12.5. The molecule has 0 aliphatic heterocycles. The Labute approximate surface area is 104 Å². The third-order valence-electron chi connectivity index (χ3n) is 2.36. The van der Waals surface area contributed by atoms with Crippen LogP contribution in [-0.2, 0) is 17.1 Å². The van der Waals surface area contributed by atoms with Crippen LogP contribution in [0.4, 0.5) is 0 Å². The zero-order valence-electron chi connectivity index (χ0n) is 9.31. The van der Waals surface area contributed by atoms with Crippen molar-refractivity contribution < 1.29 is 9.90 Å². The van der Waals surface area contributed by atoms with Gasteiger partial charge in [-0.2, -0.15) is 0 Å². The number of aromatic nitrogens is 1. The van der Waals surface area contributed by atoms with Crippen LogP contribution in [0.1, 0.15) is 17.6 Å². The van der Waals surface area contributed by atoms with Gasteiger partial charge in [-0.3, -0.25) is 4.79 Å². The zero-order chi connectivity index (χ0) is 12.1. The maximum atomic E-state index is 11.8. The van der Waals surface area contributed by atoms with Gasteiger partial charge in [-0.05, 0) is 6.92 Å². The van der Waals surface area contributed by atoms with Crippen LogP contribution in [0.15, 0.2) is 5.38 Å². The van der Waals surface area contributed by atoms with Gasteiger partial charge in [0, 0.05) is 12.4 Å². The van der Waals surface area contributed by atoms with Crippen molar-refractivity contribution in [3.63, 3.8) is 0 Å². The van der Waals surface area contributed by atoms with Crippen LogP contribution in [0.2, 0.25) is 0 Å². The third-order valence-corrected chi connectivity index (χ3v) is 3.53. The number of thiazole rings is 1. The molecule has 4 nitrogen and oxygen atoms in total. The largest absolute Gasteiger partial charge is 0.394 e. The van der Waals surface area contributed by atoms with Crippen LogP contribution in [0.25, 0.3) is 0 Å². The second-order valence-electron chi connectivity index (χ2n) is 3.58. The molecule has 16 heavy (non-hydrogen) atoms. The molecule has 6 heteroatoms. The summed E-state index contributed by atoms with van der Waals surface area (Å²) < 4.78 is 0. The highest BCUT2D eigenvalue weighted by Crippen LogP contribution is 2.13. The molecular formula is C10H15ClN2O2S. The van der Waals surface area contributed by atoms with Gasteiger partial charge < -0.3 is 10.0 Å². The summed E-state index contributed by atoms with van der Waals surface area (Å²) in [5, 5.41) is 11.6. The minimum Gasteiger partial charge on any atom is -0.394 e. The highest BCUT2D eigenvalue weighted by molar-refractivity contribution is 7.09. The van der Waals surface area contributed by atoms with Crippen LogP contribution in [0, 0.1) is 0 Å². The molecule has 0 aliphatic rings. The Bertz CT molecular complexity index is 356. The van der Waals surface area contributed by atoms with Crippen molar-refractivity contribution in [1.29, 1.82) is 0 Å². The van der Waals surface area contributed by atoms with Gasteiger partial charge in [0.05, 0.1) is 30.6 Å². The van der Waals surface area contributed by atoms with E-state index in [1.54, 1.807) is 14.0 Å². The lowest BCUT2D eigenvalue weighted by Gasteiger charge is -2.22. The van der Waals surface area contributed by atoms with E-state index in [4.69, 9.17) is 16.7 Å². The quantitative estimate of drug-likeness (QED) is 0.813. The third kappa shape index (κ3) is 3.43. The van der Waals surface area contributed by atoms with Gasteiger partial charge in [-0.15, -0.1) is 22.9 Å². The average molecular weight is 263 g/mol. The Hall–Kier alpha value is -0.650. The topological polar surface area (TPSA) is 53.4 Å². The second-order valence-corrected chi connectivity index (χ2v) is 4.79. The molecule has 1 rings (SSSR count). The number of nitrogens with zero attached hydrogens (tertiary/aromatic N) is 2. The zero-order valence-corrected chi connectivity index (χ0v) is 10.9. The summed E-state index contributed by atoms with van der Waals surface area (Å²) in [7, 11) is 1.68. The Morgan fingerprint density at radius 1 is 1.75 bits per heavy atom. The SMILES string of the molecule is CC(CO)N(C)C(=O)Cc1nc(CCl)cs1. The molecule has 0 saturated carbocycles. The van der Waals surface area contributed by atoms with Crippen LogP contribution in [0.3, 0.4) is 0 Å². The van der Waals surface area contributed by atoms with Crippen molar-refractivity contribution in [3.05, 3.63) is 16.1 Å². The first-order chi connectivity index (χ1) is 7.58. The Kier molecular flexibility index (Phi) is 5.18. The van der Waals surface area contributed by atoms with Crippen molar-refractivity contribution in [2.75, 3.05) is 13.7 Å². The van der Waals surface area contributed by atoms with E-state index in [0.29, 0.717) is 5.88 Å². The lowest BCUT2D eigenvalue weighted by molar-refractivity contribution is -0.131. The summed E-state index contributed by atoms with van der Waals surface area (Å²) in [5.41, 5.74) is 0.798. The number of hydrogen-bond acceptors (Lipinski definition) is 4. The van der Waals surface area contributed by atoms with Crippen molar-refractivity contribution in [2.45, 2.75) is 25.3 Å². The molecular weight excluding hydrogens is 248 g/mol. The van der Waals surface area contributed by atoms with E-state index >= 15 is 0 Å². The summed E-state index contributed by atoms with van der Waals surface area (Å²) in [4.78, 5) is 17.5. The van der Waals surface area contributed by atoms with Gasteiger partial charge in [0.1, 0.15) is 5.01 Å². The Morgan fingerprint density at radius 3 is 2.94 bits per heavy atom. The fraction of sp³-hybridized carbons (Fsp3) is 0.600. The van der Waals surface area contributed by atoms with Crippen molar-refractivity contribution >= 4 is 28.8 Å². The van der Waals surface area contributed by atoms with Gasteiger partial charge in [-0.1, -0.05) is 0 Å². The standard InChI is InChI=1S/C10H15ClN2O2S/c1-7(5-14)13(2)10(15)3-9-12-8(4-11)6-16-9/h6-7,14H,3-5H2,1-2H3. The number of aliphatic hydroxyl groups excluding tert-OH is 1. The molecule has 1 amide bonds. The molecule has 1 heterocycles. The van der Waals surface area contributed by atoms with Crippen LogP contribution < -0.4 is 0 Å². The summed E-state index contributed by atoms with van der Waals surface area (Å²) >= 11 is 7.06. The van der Waals surface area contributed by atoms with E-state index in [1.807, 2.05) is 5.38 Å². The fourth-order valence-electron chi connectivity index (χ4n) is 1.11. The predicted molar refractivity (Wildman–Crippen MR) is 64.7 cm³/mol. The number of alkyl halides is 1. The van der Waals surface area contributed by atoms with Gasteiger partial charge in [0.15, 0.2) is 0 Å². The molecule has 90 valence electrons. The molecule has 0 spiro atoms. The summed E-state index contributed by atoms with van der Waals surface area (Å²) in [5.74, 6) is 0.324. The molecule has 0 aromatic carbocycles. The van der Waals surface area contributed by atoms with Gasteiger partial charge in [0.25, 0.3) is 0 Å². The molecule has 1 aromatic rings. The average Bonchev–Trinajstić information content (AvgIpc) is 2.74. The van der Waals surface area contributed by atoms with E-state index < -0.39 is 0 Å². The van der Waals surface area contributed by atoms with Gasteiger partial charge >= 0.3 is 0 Å². The van der Waals surface area contributed by atoms with E-state index in [9.17, 15) is 4.79 Å². The Morgan fingerprint density at radius 2 is 2.44 bits per heavy atom. The number of rotatable bonds is 5. The molecule has 0 saturated heterocycles. The first kappa shape index (κ1) is 13.4. The maximum Gasteiger partial charge on any atom is 0.229 e. The second kappa shape index (κ2) is 6.18. The van der Waals surface area contributed by atoms with Crippen molar-refractivity contribution in [1.82, 2.24) is 9.88 Å². The number of likely N-dealkylation sites (N-methyl/N-ethyl adjacent to an activating group) is 1. The smallest absolute Gasteiger partial charge is 0.229 e. The summed E-state index contributed by atoms with van der Waals surface area (Å²) in [6.07, 6.45) is 0.266. The van der Waals surface area contributed by atoms with Crippen molar-refractivity contribution in [3.8, 4) is 0 Å². The van der Waals surface area contributed by atoms with Crippen LogP contribution in [0.5, 0.6) is 0 Å². The minimum absolute atomic E-state index is 0.0347. The molecule has 0 fully saturated rings. The lowest BCUT2D eigenvalue weighted by Crippen LogP contribution is -2.38. The van der Waals surface area contributed by atoms with E-state index in [2.05, 4.69) is 4.98 Å². The summed E-state index contributed by atoms with van der Waals surface area (Å²) in [6.45, 7) is 1.76. The first-order valence-corrected chi connectivity index (χ1v) is 6.35. The van der Waals surface area contributed by atoms with Crippen LogP contribution in [-0.4, -0.2) is 40.6 Å². The minimum atomic E-state index is -0.167. The number of hydrogen-bond donors (Lipinski definition) is 1. The summed E-state index contributed by atoms with van der Waals surface area (Å²) in [6, 6.07) is -0.167. The van der Waals surface area contributed by atoms with Crippen molar-refractivity contribution in [2.24, 2.45) is 0 Å². The first-order valence-electron chi connectivity index (χ1n) is 4.94. The highest BCUT2D eigenvalue weighted by atomic mass is 35.5. The van der Waals surface area contributed by atoms with Gasteiger partial charge in [0.2, 0.25) is 5.91 Å². The predicted octanol–water partition coefficient (Wildman–Crippen LogP) is 1.26. The molecule has 0 aliphatic carbocycles. The van der Waals surface area contributed by atoms with E-state index in [-0.39, 0.29) is 25.0 Å². The molecule has 1 N–H and O–H groups in total. The van der Waals surface area contributed by atoms with Crippen LogP contribution >= 0.6 is 22.9 Å².